The zero-order chi connectivity index (χ0) is 40.2. The van der Waals surface area contributed by atoms with E-state index in [1.165, 1.54) is 0 Å². The highest BCUT2D eigenvalue weighted by molar-refractivity contribution is 7.99. The lowest BCUT2D eigenvalue weighted by Gasteiger charge is -2.29. The van der Waals surface area contributed by atoms with Crippen molar-refractivity contribution in [2.45, 2.75) is 49.2 Å². The van der Waals surface area contributed by atoms with Crippen molar-refractivity contribution in [1.29, 1.82) is 0 Å². The summed E-state index contributed by atoms with van der Waals surface area (Å²) in [5, 5.41) is 5.12. The van der Waals surface area contributed by atoms with Crippen LogP contribution in [0.15, 0.2) is 84.1 Å². The van der Waals surface area contributed by atoms with Crippen LogP contribution in [-0.2, 0) is 30.4 Å². The summed E-state index contributed by atoms with van der Waals surface area (Å²) in [6, 6.07) is 16.9. The standard InChI is InChI=1S/C41H41N9O7S/c42-37-36-35(25-9-11-26(12-10-25)39(53)45-32-8-1-2-15-43-32)47-38(49(36)18-16-44-37)29-6-4-17-48(29)34(52)24-57-20-19-56-21-22-58-31-7-3-5-27-28(31)23-50(41(27)55)30-13-14-33(51)46-40(30)54/h1-3,5,7-12,15-16,18,29-30H,4,6,13-14,17,19-24H2,(H2,42,44)(H,43,45,53)(H,46,51,54)/t29-,30?/m0/s1. The molecule has 8 rings (SSSR count). The fourth-order valence-corrected chi connectivity index (χ4v) is 8.57. The first kappa shape index (κ1) is 38.7. The van der Waals surface area contributed by atoms with Gasteiger partial charge in [-0.2, -0.15) is 0 Å². The molecule has 1 unspecified atom stereocenters. The molecule has 298 valence electrons. The van der Waals surface area contributed by atoms with E-state index in [1.807, 2.05) is 28.7 Å². The lowest BCUT2D eigenvalue weighted by atomic mass is 10.0. The van der Waals surface area contributed by atoms with Gasteiger partial charge in [0.15, 0.2) is 0 Å². The van der Waals surface area contributed by atoms with Crippen molar-refractivity contribution >= 4 is 58.5 Å². The molecule has 3 aromatic heterocycles. The highest BCUT2D eigenvalue weighted by Crippen LogP contribution is 2.37. The number of hydrogen-bond donors (Lipinski definition) is 3. The van der Waals surface area contributed by atoms with Crippen LogP contribution >= 0.6 is 11.8 Å². The predicted molar refractivity (Wildman–Crippen MR) is 214 cm³/mol. The van der Waals surface area contributed by atoms with Crippen LogP contribution in [0.25, 0.3) is 16.8 Å². The van der Waals surface area contributed by atoms with Crippen molar-refractivity contribution in [3.8, 4) is 11.3 Å². The molecule has 58 heavy (non-hydrogen) atoms. The van der Waals surface area contributed by atoms with Crippen LogP contribution in [0.4, 0.5) is 11.6 Å². The smallest absolute Gasteiger partial charge is 0.256 e. The second-order valence-electron chi connectivity index (χ2n) is 14.0. The summed E-state index contributed by atoms with van der Waals surface area (Å²) in [5.41, 5.74) is 10.3. The van der Waals surface area contributed by atoms with Gasteiger partial charge < -0.3 is 30.3 Å². The third-order valence-electron chi connectivity index (χ3n) is 10.4. The first-order valence-corrected chi connectivity index (χ1v) is 20.0. The number of hydrogen-bond acceptors (Lipinski definition) is 12. The van der Waals surface area contributed by atoms with E-state index >= 15 is 0 Å². The largest absolute Gasteiger partial charge is 0.382 e. The Morgan fingerprint density at radius 1 is 0.931 bits per heavy atom. The van der Waals surface area contributed by atoms with Crippen molar-refractivity contribution in [3.63, 3.8) is 0 Å². The van der Waals surface area contributed by atoms with Gasteiger partial charge in [0.05, 0.1) is 25.9 Å². The zero-order valence-corrected chi connectivity index (χ0v) is 32.3. The SMILES string of the molecule is Nc1nccn2c([C@@H]3CCCN3C(=O)COCCOCCSc3cccc4c3CN(C3CCC(=O)NC3=O)C4=O)nc(-c3ccc(C(=O)Nc4ccccn4)cc3)c12. The van der Waals surface area contributed by atoms with Gasteiger partial charge >= 0.3 is 0 Å². The maximum Gasteiger partial charge on any atom is 0.256 e. The number of rotatable bonds is 14. The number of pyridine rings is 1. The van der Waals surface area contributed by atoms with E-state index in [-0.39, 0.29) is 49.3 Å². The topological polar surface area (TPSA) is 203 Å². The Bertz CT molecular complexity index is 2370. The minimum Gasteiger partial charge on any atom is -0.382 e. The highest BCUT2D eigenvalue weighted by Gasteiger charge is 2.40. The summed E-state index contributed by atoms with van der Waals surface area (Å²) < 4.78 is 13.4. The Balaban J connectivity index is 0.824. The van der Waals surface area contributed by atoms with E-state index in [9.17, 15) is 24.0 Å². The Kier molecular flexibility index (Phi) is 11.4. The fourth-order valence-electron chi connectivity index (χ4n) is 7.63. The van der Waals surface area contributed by atoms with Crippen molar-refractivity contribution in [2.75, 3.05) is 49.8 Å². The minimum atomic E-state index is -0.659. The number of aromatic nitrogens is 4. The first-order chi connectivity index (χ1) is 28.3. The molecule has 6 heterocycles. The molecule has 0 spiro atoms. The number of nitrogens with one attached hydrogen (secondary N) is 2. The number of piperidine rings is 1. The molecule has 0 aliphatic carbocycles. The number of benzene rings is 2. The van der Waals surface area contributed by atoms with Gasteiger partial charge in [-0.05, 0) is 61.2 Å². The highest BCUT2D eigenvalue weighted by atomic mass is 32.2. The average molecular weight is 804 g/mol. The van der Waals surface area contributed by atoms with Crippen LogP contribution in [-0.4, -0.2) is 103 Å². The molecule has 2 saturated heterocycles. The van der Waals surface area contributed by atoms with Crippen molar-refractivity contribution in [2.24, 2.45) is 0 Å². The molecule has 17 heteroatoms. The van der Waals surface area contributed by atoms with E-state index in [4.69, 9.17) is 20.2 Å². The van der Waals surface area contributed by atoms with Crippen LogP contribution in [0.5, 0.6) is 0 Å². The van der Waals surface area contributed by atoms with Gasteiger partial charge in [-0.1, -0.05) is 24.3 Å². The lowest BCUT2D eigenvalue weighted by Crippen LogP contribution is -2.52. The van der Waals surface area contributed by atoms with Crippen molar-refractivity contribution < 1.29 is 33.4 Å². The number of nitrogens with zero attached hydrogens (tertiary/aromatic N) is 6. The fraction of sp³-hybridized carbons (Fsp3) is 0.317. The third-order valence-corrected chi connectivity index (χ3v) is 11.5. The molecule has 5 aromatic rings. The summed E-state index contributed by atoms with van der Waals surface area (Å²) in [4.78, 5) is 81.2. The number of carbonyl (C=O) groups is 5. The average Bonchev–Trinajstić information content (AvgIpc) is 3.96. The second-order valence-corrected chi connectivity index (χ2v) is 15.2. The first-order valence-electron chi connectivity index (χ1n) is 19.1. The number of nitrogens with two attached hydrogens (primary N) is 1. The van der Waals surface area contributed by atoms with Crippen molar-refractivity contribution in [1.82, 2.24) is 34.5 Å². The van der Waals surface area contributed by atoms with Crippen LogP contribution in [0, 0.1) is 0 Å². The van der Waals surface area contributed by atoms with Crippen LogP contribution in [0.3, 0.4) is 0 Å². The second kappa shape index (κ2) is 17.1. The molecule has 3 aliphatic heterocycles. The summed E-state index contributed by atoms with van der Waals surface area (Å²) in [7, 11) is 0. The van der Waals surface area contributed by atoms with Gasteiger partial charge in [-0.25, -0.2) is 15.0 Å². The van der Waals surface area contributed by atoms with Gasteiger partial charge in [0, 0.05) is 65.4 Å². The van der Waals surface area contributed by atoms with E-state index < -0.39 is 11.9 Å². The monoisotopic (exact) mass is 803 g/mol. The quantitative estimate of drug-likeness (QED) is 0.0832. The van der Waals surface area contributed by atoms with Crippen LogP contribution < -0.4 is 16.4 Å². The molecule has 5 amide bonds. The molecule has 3 aliphatic rings. The molecular formula is C41H41N9O7S. The zero-order valence-electron chi connectivity index (χ0n) is 31.5. The number of amides is 5. The number of imidazole rings is 1. The number of fused-ring (bicyclic) bond motifs is 2. The molecule has 16 nitrogen and oxygen atoms in total. The van der Waals surface area contributed by atoms with Gasteiger partial charge in [0.25, 0.3) is 11.8 Å². The van der Waals surface area contributed by atoms with E-state index in [0.717, 1.165) is 22.4 Å². The van der Waals surface area contributed by atoms with E-state index in [1.54, 1.807) is 76.6 Å². The van der Waals surface area contributed by atoms with Crippen LogP contribution in [0.1, 0.15) is 63.8 Å². The van der Waals surface area contributed by atoms with Gasteiger partial charge in [-0.3, -0.25) is 33.7 Å². The molecule has 0 saturated carbocycles. The number of carbonyl (C=O) groups excluding carboxylic acids is 5. The maximum atomic E-state index is 13.5. The van der Waals surface area contributed by atoms with Crippen LogP contribution in [0.2, 0.25) is 0 Å². The van der Waals surface area contributed by atoms with Gasteiger partial charge in [0.2, 0.25) is 17.7 Å². The molecule has 0 bridgehead atoms. The molecule has 4 N–H and O–H groups in total. The van der Waals surface area contributed by atoms with E-state index in [2.05, 4.69) is 20.6 Å². The molecule has 2 aromatic carbocycles. The Morgan fingerprint density at radius 3 is 2.59 bits per heavy atom. The molecule has 0 radical (unpaired) electrons. The maximum absolute atomic E-state index is 13.5. The number of ether oxygens (including phenoxy) is 2. The third kappa shape index (κ3) is 8.00. The molecule has 2 atom stereocenters. The number of likely N-dealkylation sites (tertiary alicyclic amines) is 1. The Morgan fingerprint density at radius 2 is 1.78 bits per heavy atom. The Hall–Kier alpha value is -6.17. The number of thioether (sulfide) groups is 1. The summed E-state index contributed by atoms with van der Waals surface area (Å²) in [6.45, 7) is 1.74. The summed E-state index contributed by atoms with van der Waals surface area (Å²) in [5.74, 6) is 0.657. The number of anilines is 2. The summed E-state index contributed by atoms with van der Waals surface area (Å²) >= 11 is 1.57. The van der Waals surface area contributed by atoms with Gasteiger partial charge in [0.1, 0.15) is 41.3 Å². The minimum absolute atomic E-state index is 0.107. The van der Waals surface area contributed by atoms with Gasteiger partial charge in [-0.15, -0.1) is 11.8 Å². The lowest BCUT2D eigenvalue weighted by molar-refractivity contribution is -0.138. The van der Waals surface area contributed by atoms with E-state index in [0.29, 0.717) is 84.7 Å². The summed E-state index contributed by atoms with van der Waals surface area (Å²) in [6.07, 6.45) is 7.05. The molecule has 2 fully saturated rings. The predicted octanol–water partition coefficient (Wildman–Crippen LogP) is 3.88. The Labute approximate surface area is 337 Å². The number of imide groups is 1. The molecular weight excluding hydrogens is 763 g/mol. The van der Waals surface area contributed by atoms with Crippen molar-refractivity contribution in [3.05, 3.63) is 102 Å². The normalized spacial score (nSPS) is 17.8. The number of nitrogen functional groups attached to an aromatic ring is 1.